The first-order chi connectivity index (χ1) is 5.72. The first-order valence-corrected chi connectivity index (χ1v) is 7.71. The molecule has 0 spiro atoms. The fraction of sp³-hybridized carbons (Fsp3) is 1.00. The molecule has 1 rings (SSSR count). The maximum atomic E-state index is 5.60. The van der Waals surface area contributed by atoms with E-state index in [2.05, 4.69) is 17.8 Å². The Morgan fingerprint density at radius 3 is 2.08 bits per heavy atom. The summed E-state index contributed by atoms with van der Waals surface area (Å²) in [6, 6.07) is 0. The number of ether oxygens (including phenoxy) is 2. The van der Waals surface area contributed by atoms with Crippen molar-refractivity contribution >= 4 is 8.80 Å². The molecule has 0 N–H and O–H groups in total. The second kappa shape index (κ2) is 7.77. The van der Waals surface area contributed by atoms with Crippen LogP contribution in [0.1, 0.15) is 19.3 Å². The van der Waals surface area contributed by atoms with Gasteiger partial charge in [-0.1, -0.05) is 13.1 Å². The van der Waals surface area contributed by atoms with Crippen LogP contribution in [0.25, 0.3) is 0 Å². The molecule has 0 aliphatic carbocycles. The van der Waals surface area contributed by atoms with Crippen LogP contribution < -0.4 is 0 Å². The molecule has 1 fully saturated rings. The van der Waals surface area contributed by atoms with Crippen molar-refractivity contribution in [1.29, 1.82) is 0 Å². The van der Waals surface area contributed by atoms with Gasteiger partial charge in [-0.3, -0.25) is 0 Å². The third kappa shape index (κ3) is 5.74. The van der Waals surface area contributed by atoms with Crippen LogP contribution in [0, 0.1) is 0 Å². The highest BCUT2D eigenvalue weighted by molar-refractivity contribution is 6.57. The van der Waals surface area contributed by atoms with Gasteiger partial charge < -0.3 is 9.47 Å². The SMILES string of the molecule is COC.C[SiH](C)C1CCCCO1. The third-order valence-corrected chi connectivity index (χ3v) is 3.97. The molecule has 0 aromatic heterocycles. The van der Waals surface area contributed by atoms with Crippen molar-refractivity contribution in [3.63, 3.8) is 0 Å². The minimum absolute atomic E-state index is 0.474. The Kier molecular flexibility index (Phi) is 7.86. The van der Waals surface area contributed by atoms with E-state index >= 15 is 0 Å². The minimum Gasteiger partial charge on any atom is -0.388 e. The van der Waals surface area contributed by atoms with Gasteiger partial charge >= 0.3 is 0 Å². The van der Waals surface area contributed by atoms with E-state index in [1.807, 2.05) is 0 Å². The number of methoxy groups -OCH3 is 1. The van der Waals surface area contributed by atoms with E-state index < -0.39 is 8.80 Å². The van der Waals surface area contributed by atoms with Crippen LogP contribution >= 0.6 is 0 Å². The molecule has 3 heteroatoms. The van der Waals surface area contributed by atoms with E-state index in [1.54, 1.807) is 14.2 Å². The van der Waals surface area contributed by atoms with Crippen molar-refractivity contribution in [3.8, 4) is 0 Å². The lowest BCUT2D eigenvalue weighted by Gasteiger charge is -2.24. The van der Waals surface area contributed by atoms with E-state index in [-0.39, 0.29) is 0 Å². The number of rotatable bonds is 1. The van der Waals surface area contributed by atoms with Crippen LogP contribution in [0.5, 0.6) is 0 Å². The van der Waals surface area contributed by atoms with E-state index in [9.17, 15) is 0 Å². The van der Waals surface area contributed by atoms with Crippen molar-refractivity contribution in [3.05, 3.63) is 0 Å². The molecule has 2 nitrogen and oxygen atoms in total. The van der Waals surface area contributed by atoms with Gasteiger partial charge in [0.05, 0.1) is 8.80 Å². The predicted molar refractivity (Wildman–Crippen MR) is 55.4 cm³/mol. The summed E-state index contributed by atoms with van der Waals surface area (Å²) in [6.07, 6.45) is 4.03. The van der Waals surface area contributed by atoms with Crippen LogP contribution in [0.2, 0.25) is 13.1 Å². The molecule has 12 heavy (non-hydrogen) atoms. The second-order valence-electron chi connectivity index (χ2n) is 3.56. The van der Waals surface area contributed by atoms with Gasteiger partial charge in [0.2, 0.25) is 0 Å². The van der Waals surface area contributed by atoms with Crippen LogP contribution in [0.15, 0.2) is 0 Å². The molecule has 0 bridgehead atoms. The molecule has 1 aliphatic rings. The average Bonchev–Trinajstić information content (AvgIpc) is 2.07. The lowest BCUT2D eigenvalue weighted by atomic mass is 10.2. The van der Waals surface area contributed by atoms with Crippen LogP contribution in [-0.4, -0.2) is 35.4 Å². The maximum absolute atomic E-state index is 5.60. The standard InChI is InChI=1S/C7H16OSi.C2H6O/c1-9(2)7-5-3-4-6-8-7;1-3-2/h7,9H,3-6H2,1-2H3;1-2H3. The topological polar surface area (TPSA) is 18.5 Å². The van der Waals surface area contributed by atoms with E-state index in [0.717, 1.165) is 6.61 Å². The van der Waals surface area contributed by atoms with Crippen molar-refractivity contribution in [2.45, 2.75) is 38.1 Å². The monoisotopic (exact) mass is 190 g/mol. The van der Waals surface area contributed by atoms with Gasteiger partial charge in [0.15, 0.2) is 0 Å². The fourth-order valence-corrected chi connectivity index (χ4v) is 2.71. The summed E-state index contributed by atoms with van der Waals surface area (Å²) in [4.78, 5) is 0. The van der Waals surface area contributed by atoms with Crippen molar-refractivity contribution in [1.82, 2.24) is 0 Å². The molecular formula is C9H22O2Si. The summed E-state index contributed by atoms with van der Waals surface area (Å²) in [5, 5.41) is 0. The molecule has 1 heterocycles. The molecule has 74 valence electrons. The van der Waals surface area contributed by atoms with E-state index in [0.29, 0.717) is 5.73 Å². The summed E-state index contributed by atoms with van der Waals surface area (Å²) < 4.78 is 9.85. The van der Waals surface area contributed by atoms with Crippen LogP contribution in [-0.2, 0) is 9.47 Å². The molecule has 0 aromatic carbocycles. The minimum atomic E-state index is -0.474. The largest absolute Gasteiger partial charge is 0.388 e. The van der Waals surface area contributed by atoms with Crippen LogP contribution in [0.3, 0.4) is 0 Å². The molecule has 0 amide bonds. The van der Waals surface area contributed by atoms with Gasteiger partial charge in [0.1, 0.15) is 0 Å². The molecule has 1 aliphatic heterocycles. The van der Waals surface area contributed by atoms with Crippen LogP contribution in [0.4, 0.5) is 0 Å². The van der Waals surface area contributed by atoms with E-state index in [1.165, 1.54) is 19.3 Å². The van der Waals surface area contributed by atoms with Crippen molar-refractivity contribution in [2.24, 2.45) is 0 Å². The molecule has 1 saturated heterocycles. The highest BCUT2D eigenvalue weighted by Gasteiger charge is 2.17. The lowest BCUT2D eigenvalue weighted by Crippen LogP contribution is -2.31. The smallest absolute Gasteiger partial charge is 0.0656 e. The summed E-state index contributed by atoms with van der Waals surface area (Å²) in [6.45, 7) is 5.77. The highest BCUT2D eigenvalue weighted by Crippen LogP contribution is 2.14. The molecule has 0 radical (unpaired) electrons. The average molecular weight is 190 g/mol. The Morgan fingerprint density at radius 1 is 1.25 bits per heavy atom. The van der Waals surface area contributed by atoms with E-state index in [4.69, 9.17) is 4.74 Å². The van der Waals surface area contributed by atoms with Crippen molar-refractivity contribution in [2.75, 3.05) is 20.8 Å². The third-order valence-electron chi connectivity index (χ3n) is 1.96. The molecule has 0 saturated carbocycles. The normalized spacial score (nSPS) is 23.2. The zero-order valence-electron chi connectivity index (χ0n) is 8.80. The molecular weight excluding hydrogens is 168 g/mol. The Hall–Kier alpha value is 0.137. The maximum Gasteiger partial charge on any atom is 0.0656 e. The first kappa shape index (κ1) is 12.1. The summed E-state index contributed by atoms with van der Waals surface area (Å²) in [5.74, 6) is 0. The zero-order valence-corrected chi connectivity index (χ0v) is 9.95. The van der Waals surface area contributed by atoms with Gasteiger partial charge in [0, 0.05) is 26.6 Å². The molecule has 1 atom stereocenters. The molecule has 1 unspecified atom stereocenters. The quantitative estimate of drug-likeness (QED) is 0.587. The zero-order chi connectivity index (χ0) is 9.40. The summed E-state index contributed by atoms with van der Waals surface area (Å²) >= 11 is 0. The summed E-state index contributed by atoms with van der Waals surface area (Å²) in [5.41, 5.74) is 0.693. The predicted octanol–water partition coefficient (Wildman–Crippen LogP) is 1.84. The number of hydrogen-bond acceptors (Lipinski definition) is 2. The summed E-state index contributed by atoms with van der Waals surface area (Å²) in [7, 11) is 2.78. The van der Waals surface area contributed by atoms with Gasteiger partial charge in [-0.25, -0.2) is 0 Å². The Balaban J connectivity index is 0.000000354. The Labute approximate surface area is 77.9 Å². The Bertz CT molecular complexity index is 90.5. The van der Waals surface area contributed by atoms with Gasteiger partial charge in [-0.05, 0) is 19.3 Å². The number of hydrogen-bond donors (Lipinski definition) is 0. The van der Waals surface area contributed by atoms with Gasteiger partial charge in [-0.15, -0.1) is 0 Å². The van der Waals surface area contributed by atoms with Gasteiger partial charge in [0.25, 0.3) is 0 Å². The highest BCUT2D eigenvalue weighted by atomic mass is 28.3. The first-order valence-electron chi connectivity index (χ1n) is 4.74. The molecule has 0 aromatic rings. The fourth-order valence-electron chi connectivity index (χ4n) is 1.29. The Morgan fingerprint density at radius 2 is 1.83 bits per heavy atom. The lowest BCUT2D eigenvalue weighted by molar-refractivity contribution is 0.0631. The van der Waals surface area contributed by atoms with Gasteiger partial charge in [-0.2, -0.15) is 0 Å². The van der Waals surface area contributed by atoms with Crippen molar-refractivity contribution < 1.29 is 9.47 Å². The second-order valence-corrected chi connectivity index (χ2v) is 6.79.